The summed E-state index contributed by atoms with van der Waals surface area (Å²) in [6.45, 7) is 2.36. The number of ketones is 1. The lowest BCUT2D eigenvalue weighted by Gasteiger charge is -2.27. The summed E-state index contributed by atoms with van der Waals surface area (Å²) in [7, 11) is 0. The number of ether oxygens (including phenoxy) is 1. The lowest BCUT2D eigenvalue weighted by Crippen LogP contribution is -2.41. The fourth-order valence-corrected chi connectivity index (χ4v) is 3.99. The largest absolute Gasteiger partial charge is 0.433 e. The zero-order valence-corrected chi connectivity index (χ0v) is 21.1. The lowest BCUT2D eigenvalue weighted by molar-refractivity contribution is -0.139. The minimum absolute atomic E-state index is 0.0126. The van der Waals surface area contributed by atoms with Crippen molar-refractivity contribution in [2.45, 2.75) is 26.4 Å². The van der Waals surface area contributed by atoms with Crippen LogP contribution in [0.1, 0.15) is 23.6 Å². The monoisotopic (exact) mass is 532 g/mol. The summed E-state index contributed by atoms with van der Waals surface area (Å²) in [4.78, 5) is 43.1. The van der Waals surface area contributed by atoms with Gasteiger partial charge in [0.1, 0.15) is 5.92 Å². The molecule has 2 aliphatic rings. The first-order chi connectivity index (χ1) is 18.8. The van der Waals surface area contributed by atoms with Crippen molar-refractivity contribution < 1.29 is 27.9 Å². The maximum atomic E-state index is 13.5. The number of hydrogen-bond donors (Lipinski definition) is 2. The minimum Gasteiger partial charge on any atom is -0.433 e. The molecule has 39 heavy (non-hydrogen) atoms. The third kappa shape index (κ3) is 6.42. The van der Waals surface area contributed by atoms with E-state index < -0.39 is 35.1 Å². The number of Topliss-reactive ketones (excluding diaryl/α,β-unsaturated/α-hetero) is 1. The molecule has 5 rings (SSSR count). The van der Waals surface area contributed by atoms with Crippen molar-refractivity contribution >= 4 is 17.6 Å². The Labute approximate surface area is 223 Å². The number of nitrogens with one attached hydrogen (secondary N) is 1. The number of fused-ring (bicyclic) bond motifs is 1. The quantitative estimate of drug-likeness (QED) is 0.470. The van der Waals surface area contributed by atoms with Crippen molar-refractivity contribution in [3.05, 3.63) is 125 Å². The Kier molecular flexibility index (Phi) is 8.57. The average molecular weight is 533 g/mol. The SMILES string of the molecule is CC1=C2OC(C(=O)NCc3ccccc3)=CN2C(=O)C(Cc2ccc(F)c(F)c2)C1=O.NCc1ccncc1. The van der Waals surface area contributed by atoms with E-state index in [0.29, 0.717) is 12.1 Å². The van der Waals surface area contributed by atoms with E-state index in [1.165, 1.54) is 19.2 Å². The molecule has 0 saturated heterocycles. The highest BCUT2D eigenvalue weighted by Gasteiger charge is 2.44. The molecule has 3 N–H and O–H groups in total. The van der Waals surface area contributed by atoms with Crippen LogP contribution in [-0.2, 0) is 38.6 Å². The van der Waals surface area contributed by atoms with Crippen LogP contribution in [0.25, 0.3) is 0 Å². The Balaban J connectivity index is 0.000000379. The van der Waals surface area contributed by atoms with Crippen LogP contribution >= 0.6 is 0 Å². The number of nitrogens with zero attached hydrogens (tertiary/aromatic N) is 2. The van der Waals surface area contributed by atoms with Crippen molar-refractivity contribution in [2.24, 2.45) is 11.7 Å². The van der Waals surface area contributed by atoms with E-state index in [-0.39, 0.29) is 30.2 Å². The number of carbonyl (C=O) groups is 3. The third-order valence-electron chi connectivity index (χ3n) is 6.14. The Morgan fingerprint density at radius 3 is 2.36 bits per heavy atom. The highest BCUT2D eigenvalue weighted by atomic mass is 19.2. The van der Waals surface area contributed by atoms with Gasteiger partial charge in [-0.2, -0.15) is 0 Å². The molecule has 1 aromatic heterocycles. The number of carbonyl (C=O) groups excluding carboxylic acids is 3. The van der Waals surface area contributed by atoms with Crippen molar-refractivity contribution in [1.82, 2.24) is 15.2 Å². The number of nitrogens with two attached hydrogens (primary N) is 1. The molecule has 200 valence electrons. The second-order valence-electron chi connectivity index (χ2n) is 8.83. The normalized spacial score (nSPS) is 16.2. The number of hydrogen-bond acceptors (Lipinski definition) is 6. The molecule has 1 atom stereocenters. The van der Waals surface area contributed by atoms with Gasteiger partial charge in [0.2, 0.25) is 17.5 Å². The van der Waals surface area contributed by atoms with Gasteiger partial charge >= 0.3 is 0 Å². The van der Waals surface area contributed by atoms with Crippen LogP contribution in [0.15, 0.2) is 96.5 Å². The fourth-order valence-electron chi connectivity index (χ4n) is 3.99. The predicted octanol–water partition coefficient (Wildman–Crippen LogP) is 3.49. The molecule has 2 aliphatic heterocycles. The van der Waals surface area contributed by atoms with E-state index >= 15 is 0 Å². The molecule has 0 bridgehead atoms. The Morgan fingerprint density at radius 1 is 1.00 bits per heavy atom. The molecule has 0 radical (unpaired) electrons. The van der Waals surface area contributed by atoms with E-state index in [9.17, 15) is 23.2 Å². The molecule has 2 aromatic carbocycles. The van der Waals surface area contributed by atoms with E-state index in [4.69, 9.17) is 10.5 Å². The van der Waals surface area contributed by atoms with E-state index in [2.05, 4.69) is 10.3 Å². The highest BCUT2D eigenvalue weighted by molar-refractivity contribution is 6.13. The van der Waals surface area contributed by atoms with E-state index in [1.54, 1.807) is 12.4 Å². The number of halogens is 2. The van der Waals surface area contributed by atoms with Crippen LogP contribution in [0.4, 0.5) is 8.78 Å². The van der Waals surface area contributed by atoms with Gasteiger partial charge in [0.15, 0.2) is 17.4 Å². The minimum atomic E-state index is -1.12. The van der Waals surface area contributed by atoms with Crippen LogP contribution in [0.3, 0.4) is 0 Å². The van der Waals surface area contributed by atoms with Gasteiger partial charge in [0.05, 0.1) is 11.8 Å². The number of rotatable bonds is 6. The van der Waals surface area contributed by atoms with Gasteiger partial charge in [-0.05, 0) is 54.3 Å². The van der Waals surface area contributed by atoms with Gasteiger partial charge in [-0.25, -0.2) is 8.78 Å². The van der Waals surface area contributed by atoms with Gasteiger partial charge in [0, 0.05) is 25.5 Å². The maximum absolute atomic E-state index is 13.5. The van der Waals surface area contributed by atoms with Crippen molar-refractivity contribution in [3.63, 3.8) is 0 Å². The number of amides is 2. The topological polar surface area (TPSA) is 115 Å². The number of allylic oxidation sites excluding steroid dienone is 1. The first-order valence-corrected chi connectivity index (χ1v) is 12.1. The fraction of sp³-hybridized carbons (Fsp3) is 0.172. The number of aromatic nitrogens is 1. The van der Waals surface area contributed by atoms with Crippen LogP contribution in [0.2, 0.25) is 0 Å². The van der Waals surface area contributed by atoms with Crippen molar-refractivity contribution in [1.29, 1.82) is 0 Å². The van der Waals surface area contributed by atoms with Gasteiger partial charge in [0.25, 0.3) is 5.91 Å². The summed E-state index contributed by atoms with van der Waals surface area (Å²) < 4.78 is 32.2. The van der Waals surface area contributed by atoms with Gasteiger partial charge in [-0.3, -0.25) is 24.3 Å². The predicted molar refractivity (Wildman–Crippen MR) is 138 cm³/mol. The zero-order chi connectivity index (χ0) is 27.9. The smallest absolute Gasteiger partial charge is 0.288 e. The molecule has 0 saturated carbocycles. The van der Waals surface area contributed by atoms with Crippen molar-refractivity contribution in [2.75, 3.05) is 0 Å². The van der Waals surface area contributed by atoms with E-state index in [0.717, 1.165) is 28.2 Å². The molecular formula is C29H26F2N4O4. The van der Waals surface area contributed by atoms with Crippen LogP contribution in [-0.4, -0.2) is 27.5 Å². The summed E-state index contributed by atoms with van der Waals surface area (Å²) in [5, 5.41) is 2.70. The van der Waals surface area contributed by atoms with Crippen molar-refractivity contribution in [3.8, 4) is 0 Å². The molecule has 3 aromatic rings. The summed E-state index contributed by atoms with van der Waals surface area (Å²) in [6, 6.07) is 16.3. The zero-order valence-electron chi connectivity index (χ0n) is 21.1. The molecule has 0 fully saturated rings. The van der Waals surface area contributed by atoms with Crippen LogP contribution in [0, 0.1) is 17.6 Å². The molecular weight excluding hydrogens is 506 g/mol. The van der Waals surface area contributed by atoms with Gasteiger partial charge < -0.3 is 15.8 Å². The molecule has 2 amide bonds. The number of pyridine rings is 1. The molecule has 3 heterocycles. The summed E-state index contributed by atoms with van der Waals surface area (Å²) >= 11 is 0. The molecule has 0 spiro atoms. The Morgan fingerprint density at radius 2 is 1.72 bits per heavy atom. The molecule has 1 unspecified atom stereocenters. The lowest BCUT2D eigenvalue weighted by atomic mass is 9.88. The van der Waals surface area contributed by atoms with Gasteiger partial charge in [-0.15, -0.1) is 0 Å². The summed E-state index contributed by atoms with van der Waals surface area (Å²) in [6.07, 6.45) is 4.62. The first-order valence-electron chi connectivity index (χ1n) is 12.1. The van der Waals surface area contributed by atoms with Crippen LogP contribution < -0.4 is 11.1 Å². The summed E-state index contributed by atoms with van der Waals surface area (Å²) in [5.41, 5.74) is 7.82. The Bertz CT molecular complexity index is 1440. The standard InChI is InChI=1S/C23H18F2N2O4.C6H8N2/c1-13-20(28)16(9-15-7-8-17(24)18(25)10-15)22(30)27-12-19(31-23(13)27)21(29)26-11-14-5-3-2-4-6-14;7-5-6-1-3-8-4-2-6/h2-8,10,12,16H,9,11H2,1H3,(H,26,29);1-4H,5,7H2. The van der Waals surface area contributed by atoms with Crippen LogP contribution in [0.5, 0.6) is 0 Å². The maximum Gasteiger partial charge on any atom is 0.288 e. The molecule has 0 aliphatic carbocycles. The van der Waals surface area contributed by atoms with E-state index in [1.807, 2.05) is 42.5 Å². The molecule has 10 heteroatoms. The third-order valence-corrected chi connectivity index (χ3v) is 6.14. The second-order valence-corrected chi connectivity index (χ2v) is 8.83. The molecule has 8 nitrogen and oxygen atoms in total. The summed E-state index contributed by atoms with van der Waals surface area (Å²) in [5.74, 6) is -4.92. The number of benzene rings is 2. The first kappa shape index (κ1) is 27.3. The average Bonchev–Trinajstić information content (AvgIpc) is 3.42. The van der Waals surface area contributed by atoms with Gasteiger partial charge in [-0.1, -0.05) is 36.4 Å². The second kappa shape index (κ2) is 12.2. The highest BCUT2D eigenvalue weighted by Crippen LogP contribution is 2.34. The Hall–Kier alpha value is -4.70.